The maximum atomic E-state index is 10.8. The molecule has 0 radical (unpaired) electrons. The van der Waals surface area contributed by atoms with Crippen molar-refractivity contribution in [3.63, 3.8) is 0 Å². The van der Waals surface area contributed by atoms with Crippen LogP contribution in [0.2, 0.25) is 0 Å². The molecular weight excluding hydrogens is 174 g/mol. The molecule has 3 nitrogen and oxygen atoms in total. The van der Waals surface area contributed by atoms with Crippen LogP contribution in [0.3, 0.4) is 0 Å². The number of hydrogen-bond donors (Lipinski definition) is 2. The van der Waals surface area contributed by atoms with Gasteiger partial charge in [0.15, 0.2) is 0 Å². The minimum atomic E-state index is -0.623. The fourth-order valence-electron chi connectivity index (χ4n) is 2.15. The Morgan fingerprint density at radius 3 is 3.17 bits per heavy atom. The van der Waals surface area contributed by atoms with E-state index in [9.17, 15) is 4.79 Å². The smallest absolute Gasteiger partial charge is 0.308 e. The molecule has 2 aliphatic rings. The van der Waals surface area contributed by atoms with Gasteiger partial charge in [-0.3, -0.25) is 4.79 Å². The van der Waals surface area contributed by atoms with Crippen LogP contribution in [0.5, 0.6) is 0 Å². The Labute approximate surface area is 75.9 Å². The minimum Gasteiger partial charge on any atom is -0.481 e. The van der Waals surface area contributed by atoms with Crippen LogP contribution in [-0.4, -0.2) is 35.2 Å². The van der Waals surface area contributed by atoms with Crippen molar-refractivity contribution in [3.8, 4) is 0 Å². The molecule has 2 aliphatic heterocycles. The Bertz CT molecular complexity index is 197. The summed E-state index contributed by atoms with van der Waals surface area (Å²) in [5, 5.41) is 12.2. The largest absolute Gasteiger partial charge is 0.481 e. The summed E-state index contributed by atoms with van der Waals surface area (Å²) in [6.07, 6.45) is 1.07. The predicted octanol–water partition coefficient (Wildman–Crippen LogP) is 0.412. The number of carboxylic acid groups (broad SMARTS) is 1. The van der Waals surface area contributed by atoms with E-state index in [4.69, 9.17) is 5.11 Å². The molecule has 2 heterocycles. The molecule has 2 saturated heterocycles. The average Bonchev–Trinajstić information content (AvgIpc) is 2.47. The quantitative estimate of drug-likeness (QED) is 0.624. The number of carbonyl (C=O) groups is 1. The van der Waals surface area contributed by atoms with Gasteiger partial charge in [-0.25, -0.2) is 0 Å². The zero-order chi connectivity index (χ0) is 8.55. The molecule has 68 valence electrons. The van der Waals surface area contributed by atoms with Gasteiger partial charge in [-0.2, -0.15) is 11.8 Å². The highest BCUT2D eigenvalue weighted by Gasteiger charge is 2.41. The third kappa shape index (κ3) is 1.33. The first-order chi connectivity index (χ1) is 5.79. The van der Waals surface area contributed by atoms with Gasteiger partial charge >= 0.3 is 5.97 Å². The van der Waals surface area contributed by atoms with E-state index in [-0.39, 0.29) is 5.92 Å². The second kappa shape index (κ2) is 3.26. The van der Waals surface area contributed by atoms with Gasteiger partial charge in [0.1, 0.15) is 0 Å². The van der Waals surface area contributed by atoms with Crippen molar-refractivity contribution in [2.75, 3.05) is 18.1 Å². The molecule has 3 atom stereocenters. The summed E-state index contributed by atoms with van der Waals surface area (Å²) in [6, 6.07) is 0.463. The zero-order valence-electron chi connectivity index (χ0n) is 6.82. The van der Waals surface area contributed by atoms with E-state index in [0.29, 0.717) is 18.5 Å². The van der Waals surface area contributed by atoms with Gasteiger partial charge < -0.3 is 10.4 Å². The molecule has 0 aromatic heterocycles. The highest BCUT2D eigenvalue weighted by molar-refractivity contribution is 7.99. The maximum absolute atomic E-state index is 10.8. The van der Waals surface area contributed by atoms with E-state index >= 15 is 0 Å². The van der Waals surface area contributed by atoms with Crippen LogP contribution < -0.4 is 5.32 Å². The van der Waals surface area contributed by atoms with Gasteiger partial charge in [0, 0.05) is 18.3 Å². The Morgan fingerprint density at radius 2 is 2.42 bits per heavy atom. The molecule has 4 heteroatoms. The third-order valence-electron chi connectivity index (χ3n) is 2.84. The lowest BCUT2D eigenvalue weighted by Crippen LogP contribution is -2.34. The first kappa shape index (κ1) is 8.38. The first-order valence-corrected chi connectivity index (χ1v) is 5.48. The monoisotopic (exact) mass is 187 g/mol. The Morgan fingerprint density at radius 1 is 1.58 bits per heavy atom. The van der Waals surface area contributed by atoms with Crippen LogP contribution in [0.25, 0.3) is 0 Å². The summed E-state index contributed by atoms with van der Waals surface area (Å²) in [4.78, 5) is 10.8. The van der Waals surface area contributed by atoms with Crippen LogP contribution >= 0.6 is 11.8 Å². The summed E-state index contributed by atoms with van der Waals surface area (Å²) in [5.41, 5.74) is 0. The Hall–Kier alpha value is -0.220. The number of carboxylic acids is 1. The number of rotatable bonds is 1. The molecule has 0 amide bonds. The zero-order valence-corrected chi connectivity index (χ0v) is 7.64. The van der Waals surface area contributed by atoms with E-state index in [1.807, 2.05) is 11.8 Å². The topological polar surface area (TPSA) is 49.3 Å². The van der Waals surface area contributed by atoms with Crippen LogP contribution in [0.4, 0.5) is 0 Å². The van der Waals surface area contributed by atoms with Crippen molar-refractivity contribution in [1.29, 1.82) is 0 Å². The van der Waals surface area contributed by atoms with E-state index in [0.717, 1.165) is 17.9 Å². The van der Waals surface area contributed by atoms with Gasteiger partial charge in [-0.05, 0) is 18.1 Å². The predicted molar refractivity (Wildman–Crippen MR) is 48.3 cm³/mol. The highest BCUT2D eigenvalue weighted by atomic mass is 32.2. The van der Waals surface area contributed by atoms with E-state index < -0.39 is 5.97 Å². The summed E-state index contributed by atoms with van der Waals surface area (Å²) in [5.74, 6) is 1.86. The number of aliphatic carboxylic acids is 1. The maximum Gasteiger partial charge on any atom is 0.308 e. The molecule has 0 spiro atoms. The SMILES string of the molecule is O=C(O)C1CNC2CSCCC21. The lowest BCUT2D eigenvalue weighted by Gasteiger charge is -2.26. The molecular formula is C8H13NO2S. The normalized spacial score (nSPS) is 40.8. The fraction of sp³-hybridized carbons (Fsp3) is 0.875. The average molecular weight is 187 g/mol. The molecule has 2 N–H and O–H groups in total. The van der Waals surface area contributed by atoms with Crippen molar-refractivity contribution >= 4 is 17.7 Å². The lowest BCUT2D eigenvalue weighted by atomic mass is 9.89. The number of hydrogen-bond acceptors (Lipinski definition) is 3. The van der Waals surface area contributed by atoms with E-state index in [2.05, 4.69) is 5.32 Å². The molecule has 12 heavy (non-hydrogen) atoms. The first-order valence-electron chi connectivity index (χ1n) is 4.33. The van der Waals surface area contributed by atoms with Crippen molar-refractivity contribution in [2.24, 2.45) is 11.8 Å². The molecule has 0 aromatic rings. The van der Waals surface area contributed by atoms with E-state index in [1.165, 1.54) is 0 Å². The second-order valence-electron chi connectivity index (χ2n) is 3.49. The third-order valence-corrected chi connectivity index (χ3v) is 3.96. The molecule has 0 aromatic carbocycles. The highest BCUT2D eigenvalue weighted by Crippen LogP contribution is 2.33. The Balaban J connectivity index is 2.05. The van der Waals surface area contributed by atoms with Crippen LogP contribution in [0, 0.1) is 11.8 Å². The molecule has 2 rings (SSSR count). The van der Waals surface area contributed by atoms with Gasteiger partial charge in [0.2, 0.25) is 0 Å². The summed E-state index contributed by atoms with van der Waals surface area (Å²) in [7, 11) is 0. The summed E-state index contributed by atoms with van der Waals surface area (Å²) < 4.78 is 0. The van der Waals surface area contributed by atoms with Gasteiger partial charge in [-0.1, -0.05) is 0 Å². The summed E-state index contributed by atoms with van der Waals surface area (Å²) in [6.45, 7) is 0.672. The molecule has 0 aliphatic carbocycles. The number of fused-ring (bicyclic) bond motifs is 1. The van der Waals surface area contributed by atoms with Crippen molar-refractivity contribution in [2.45, 2.75) is 12.5 Å². The van der Waals surface area contributed by atoms with Crippen molar-refractivity contribution in [3.05, 3.63) is 0 Å². The number of thioether (sulfide) groups is 1. The second-order valence-corrected chi connectivity index (χ2v) is 4.64. The minimum absolute atomic E-state index is 0.129. The van der Waals surface area contributed by atoms with E-state index in [1.54, 1.807) is 0 Å². The molecule has 2 fully saturated rings. The van der Waals surface area contributed by atoms with Gasteiger partial charge in [-0.15, -0.1) is 0 Å². The lowest BCUT2D eigenvalue weighted by molar-refractivity contribution is -0.142. The van der Waals surface area contributed by atoms with Crippen molar-refractivity contribution in [1.82, 2.24) is 5.32 Å². The summed E-state index contributed by atoms with van der Waals surface area (Å²) >= 11 is 1.93. The van der Waals surface area contributed by atoms with Crippen LogP contribution in [0.15, 0.2) is 0 Å². The van der Waals surface area contributed by atoms with Crippen LogP contribution in [-0.2, 0) is 4.79 Å². The van der Waals surface area contributed by atoms with Gasteiger partial charge in [0.05, 0.1) is 5.92 Å². The fourth-order valence-corrected chi connectivity index (χ4v) is 3.37. The Kier molecular flexibility index (Phi) is 2.28. The van der Waals surface area contributed by atoms with Crippen LogP contribution in [0.1, 0.15) is 6.42 Å². The standard InChI is InChI=1S/C8H13NO2S/c10-8(11)6-3-9-7-4-12-2-1-5(6)7/h5-7,9H,1-4H2,(H,10,11). The van der Waals surface area contributed by atoms with Gasteiger partial charge in [0.25, 0.3) is 0 Å². The molecule has 0 bridgehead atoms. The van der Waals surface area contributed by atoms with Crippen molar-refractivity contribution < 1.29 is 9.90 Å². The molecule has 0 saturated carbocycles. The number of nitrogens with one attached hydrogen (secondary N) is 1. The molecule has 3 unspecified atom stereocenters.